The number of halogens is 2. The van der Waals surface area contributed by atoms with E-state index in [-0.39, 0.29) is 5.82 Å². The summed E-state index contributed by atoms with van der Waals surface area (Å²) in [5, 5.41) is 3.61. The molecule has 1 aliphatic rings. The molecule has 0 amide bonds. The van der Waals surface area contributed by atoms with E-state index >= 15 is 0 Å². The third kappa shape index (κ3) is 4.54. The Balaban J connectivity index is 2.02. The van der Waals surface area contributed by atoms with Gasteiger partial charge in [-0.2, -0.15) is 0 Å². The van der Waals surface area contributed by atoms with Crippen molar-refractivity contribution in [2.75, 3.05) is 13.1 Å². The summed E-state index contributed by atoms with van der Waals surface area (Å²) in [6.07, 6.45) is 1.19. The Morgan fingerprint density at radius 1 is 1.40 bits per heavy atom. The highest BCUT2D eigenvalue weighted by Crippen LogP contribution is 2.20. The second-order valence-corrected chi connectivity index (χ2v) is 7.21. The lowest BCUT2D eigenvalue weighted by molar-refractivity contribution is 0.124. The molecule has 2 nitrogen and oxygen atoms in total. The van der Waals surface area contributed by atoms with Crippen LogP contribution in [0, 0.1) is 11.7 Å². The molecule has 2 atom stereocenters. The van der Waals surface area contributed by atoms with Crippen molar-refractivity contribution in [1.82, 2.24) is 10.2 Å². The van der Waals surface area contributed by atoms with Crippen molar-refractivity contribution < 1.29 is 4.39 Å². The molecule has 112 valence electrons. The fourth-order valence-corrected chi connectivity index (χ4v) is 3.39. The standard InChI is InChI=1S/C16H24BrFN2/c1-11(2)4-16-10-20(12(3)8-19-16)9-13-5-14(17)7-15(18)6-13/h5-7,11-12,16,19H,4,8-10H2,1-3H3. The van der Waals surface area contributed by atoms with E-state index in [9.17, 15) is 4.39 Å². The van der Waals surface area contributed by atoms with E-state index in [0.29, 0.717) is 18.0 Å². The number of nitrogens with zero attached hydrogens (tertiary/aromatic N) is 1. The highest BCUT2D eigenvalue weighted by Gasteiger charge is 2.25. The van der Waals surface area contributed by atoms with Gasteiger partial charge in [0.05, 0.1) is 0 Å². The van der Waals surface area contributed by atoms with Gasteiger partial charge in [0, 0.05) is 36.2 Å². The van der Waals surface area contributed by atoms with E-state index in [1.165, 1.54) is 12.5 Å². The maximum atomic E-state index is 13.5. The topological polar surface area (TPSA) is 15.3 Å². The molecule has 0 aliphatic carbocycles. The molecule has 2 unspecified atom stereocenters. The van der Waals surface area contributed by atoms with Crippen LogP contribution in [-0.2, 0) is 6.54 Å². The molecule has 1 heterocycles. The van der Waals surface area contributed by atoms with Gasteiger partial charge in [-0.1, -0.05) is 29.8 Å². The van der Waals surface area contributed by atoms with Gasteiger partial charge in [-0.05, 0) is 43.0 Å². The Morgan fingerprint density at radius 3 is 2.80 bits per heavy atom. The van der Waals surface area contributed by atoms with Crippen LogP contribution < -0.4 is 5.32 Å². The summed E-state index contributed by atoms with van der Waals surface area (Å²) in [4.78, 5) is 2.45. The van der Waals surface area contributed by atoms with Gasteiger partial charge in [0.25, 0.3) is 0 Å². The molecule has 1 aliphatic heterocycles. The van der Waals surface area contributed by atoms with E-state index in [0.717, 1.165) is 29.7 Å². The minimum absolute atomic E-state index is 0.170. The highest BCUT2D eigenvalue weighted by molar-refractivity contribution is 9.10. The molecule has 1 N–H and O–H groups in total. The zero-order chi connectivity index (χ0) is 14.7. The summed E-state index contributed by atoms with van der Waals surface area (Å²) >= 11 is 3.37. The smallest absolute Gasteiger partial charge is 0.124 e. The van der Waals surface area contributed by atoms with Gasteiger partial charge in [0.15, 0.2) is 0 Å². The molecule has 2 rings (SSSR count). The molecule has 1 saturated heterocycles. The molecule has 1 aromatic rings. The van der Waals surface area contributed by atoms with E-state index in [1.807, 2.05) is 6.07 Å². The summed E-state index contributed by atoms with van der Waals surface area (Å²) in [5.41, 5.74) is 1.04. The Labute approximate surface area is 129 Å². The second kappa shape index (κ2) is 7.01. The molecule has 1 fully saturated rings. The third-order valence-electron chi connectivity index (χ3n) is 3.84. The first-order valence-electron chi connectivity index (χ1n) is 7.36. The van der Waals surface area contributed by atoms with Crippen LogP contribution in [0.5, 0.6) is 0 Å². The van der Waals surface area contributed by atoms with Crippen LogP contribution in [0.15, 0.2) is 22.7 Å². The molecule has 0 spiro atoms. The Kier molecular flexibility index (Phi) is 5.58. The van der Waals surface area contributed by atoms with Crippen molar-refractivity contribution in [3.8, 4) is 0 Å². The zero-order valence-electron chi connectivity index (χ0n) is 12.5. The molecule has 4 heteroatoms. The van der Waals surface area contributed by atoms with Crippen LogP contribution in [0.25, 0.3) is 0 Å². The number of hydrogen-bond donors (Lipinski definition) is 1. The number of rotatable bonds is 4. The lowest BCUT2D eigenvalue weighted by Gasteiger charge is -2.39. The van der Waals surface area contributed by atoms with Gasteiger partial charge in [-0.15, -0.1) is 0 Å². The molecule has 0 radical (unpaired) electrons. The summed E-state index contributed by atoms with van der Waals surface area (Å²) in [6.45, 7) is 9.60. The van der Waals surface area contributed by atoms with Gasteiger partial charge in [-0.25, -0.2) is 4.39 Å². The van der Waals surface area contributed by atoms with E-state index in [4.69, 9.17) is 0 Å². The minimum atomic E-state index is -0.170. The molecule has 1 aromatic carbocycles. The fourth-order valence-electron chi connectivity index (χ4n) is 2.88. The molecule has 20 heavy (non-hydrogen) atoms. The number of piperazine rings is 1. The largest absolute Gasteiger partial charge is 0.311 e. The summed E-state index contributed by atoms with van der Waals surface area (Å²) in [7, 11) is 0. The van der Waals surface area contributed by atoms with Crippen LogP contribution in [0.4, 0.5) is 4.39 Å². The third-order valence-corrected chi connectivity index (χ3v) is 4.30. The van der Waals surface area contributed by atoms with Crippen molar-refractivity contribution in [2.24, 2.45) is 5.92 Å². The lowest BCUT2D eigenvalue weighted by atomic mass is 9.99. The predicted molar refractivity (Wildman–Crippen MR) is 85.2 cm³/mol. The highest BCUT2D eigenvalue weighted by atomic mass is 79.9. The van der Waals surface area contributed by atoms with Crippen LogP contribution >= 0.6 is 15.9 Å². The van der Waals surface area contributed by atoms with Gasteiger partial charge in [0.1, 0.15) is 5.82 Å². The van der Waals surface area contributed by atoms with Crippen molar-refractivity contribution >= 4 is 15.9 Å². The van der Waals surface area contributed by atoms with E-state index in [1.54, 1.807) is 6.07 Å². The molecular formula is C16H24BrFN2. The number of nitrogens with one attached hydrogen (secondary N) is 1. The van der Waals surface area contributed by atoms with Gasteiger partial charge >= 0.3 is 0 Å². The van der Waals surface area contributed by atoms with Crippen molar-refractivity contribution in [2.45, 2.75) is 45.8 Å². The first-order valence-corrected chi connectivity index (χ1v) is 8.15. The normalized spacial score (nSPS) is 24.3. The van der Waals surface area contributed by atoms with E-state index in [2.05, 4.69) is 46.9 Å². The summed E-state index contributed by atoms with van der Waals surface area (Å²) in [5.74, 6) is 0.530. The molecule has 0 bridgehead atoms. The summed E-state index contributed by atoms with van der Waals surface area (Å²) in [6, 6.07) is 6.18. The van der Waals surface area contributed by atoms with Crippen molar-refractivity contribution in [3.63, 3.8) is 0 Å². The van der Waals surface area contributed by atoms with Crippen LogP contribution in [0.3, 0.4) is 0 Å². The maximum Gasteiger partial charge on any atom is 0.124 e. The monoisotopic (exact) mass is 342 g/mol. The van der Waals surface area contributed by atoms with Crippen LogP contribution in [-0.4, -0.2) is 30.1 Å². The van der Waals surface area contributed by atoms with Crippen molar-refractivity contribution in [3.05, 3.63) is 34.1 Å². The summed E-state index contributed by atoms with van der Waals surface area (Å²) < 4.78 is 14.3. The van der Waals surface area contributed by atoms with Gasteiger partial charge in [0.2, 0.25) is 0 Å². The second-order valence-electron chi connectivity index (χ2n) is 6.29. The number of benzene rings is 1. The Bertz CT molecular complexity index is 430. The predicted octanol–water partition coefficient (Wildman–Crippen LogP) is 3.80. The zero-order valence-corrected chi connectivity index (χ0v) is 14.1. The quantitative estimate of drug-likeness (QED) is 0.895. The van der Waals surface area contributed by atoms with Gasteiger partial charge < -0.3 is 5.32 Å². The number of hydrogen-bond acceptors (Lipinski definition) is 2. The fraction of sp³-hybridized carbons (Fsp3) is 0.625. The van der Waals surface area contributed by atoms with Crippen LogP contribution in [0.2, 0.25) is 0 Å². The minimum Gasteiger partial charge on any atom is -0.311 e. The van der Waals surface area contributed by atoms with Crippen LogP contribution in [0.1, 0.15) is 32.8 Å². The van der Waals surface area contributed by atoms with Gasteiger partial charge in [-0.3, -0.25) is 4.90 Å². The lowest BCUT2D eigenvalue weighted by Crippen LogP contribution is -2.55. The average molecular weight is 343 g/mol. The maximum absolute atomic E-state index is 13.5. The molecule has 0 saturated carbocycles. The Morgan fingerprint density at radius 2 is 2.15 bits per heavy atom. The van der Waals surface area contributed by atoms with Crippen molar-refractivity contribution in [1.29, 1.82) is 0 Å². The first-order chi connectivity index (χ1) is 9.44. The average Bonchev–Trinajstić information content (AvgIpc) is 2.31. The first kappa shape index (κ1) is 15.9. The molecular weight excluding hydrogens is 319 g/mol. The Hall–Kier alpha value is -0.450. The van der Waals surface area contributed by atoms with E-state index < -0.39 is 0 Å². The molecule has 0 aromatic heterocycles. The SMILES string of the molecule is CC(C)CC1CN(Cc2cc(F)cc(Br)c2)C(C)CN1.